The second kappa shape index (κ2) is 7.66. The fraction of sp³-hybridized carbons (Fsp3) is 0.360. The van der Waals surface area contributed by atoms with Crippen LogP contribution in [0.25, 0.3) is 10.9 Å². The van der Waals surface area contributed by atoms with Gasteiger partial charge < -0.3 is 14.3 Å². The molecule has 0 radical (unpaired) electrons. The zero-order chi connectivity index (χ0) is 22.6. The summed E-state index contributed by atoms with van der Waals surface area (Å²) >= 11 is 3.61. The molecule has 6 nitrogen and oxygen atoms in total. The van der Waals surface area contributed by atoms with Crippen molar-refractivity contribution in [3.05, 3.63) is 63.8 Å². The van der Waals surface area contributed by atoms with Crippen molar-refractivity contribution in [1.29, 1.82) is 0 Å². The third kappa shape index (κ3) is 3.48. The first-order chi connectivity index (χ1) is 15.2. The summed E-state index contributed by atoms with van der Waals surface area (Å²) in [6.45, 7) is 8.59. The van der Waals surface area contributed by atoms with Gasteiger partial charge in [-0.05, 0) is 57.5 Å². The maximum absolute atomic E-state index is 13.2. The standard InChI is InChI=1S/C25H25BrN2O4/c1-14-21(17-7-5-6-8-19(17)28(14)24(29)32-25(2,3)4)22-18-11-16(26)9-10-20(18)30-12-15-13-31-27-23(15)22/h5-11,15,22H,12-13H2,1-4H3/t15-,22+/m0/s1. The van der Waals surface area contributed by atoms with Crippen LogP contribution in [0.1, 0.15) is 43.5 Å². The Morgan fingerprint density at radius 2 is 1.97 bits per heavy atom. The molecule has 0 aliphatic carbocycles. The highest BCUT2D eigenvalue weighted by atomic mass is 79.9. The molecule has 0 fully saturated rings. The van der Waals surface area contributed by atoms with Crippen LogP contribution in [0, 0.1) is 12.8 Å². The van der Waals surface area contributed by atoms with E-state index >= 15 is 0 Å². The molecule has 32 heavy (non-hydrogen) atoms. The molecule has 2 aliphatic rings. The van der Waals surface area contributed by atoms with Gasteiger partial charge in [-0.1, -0.05) is 39.3 Å². The van der Waals surface area contributed by atoms with Gasteiger partial charge in [0, 0.05) is 21.1 Å². The van der Waals surface area contributed by atoms with Gasteiger partial charge in [0.05, 0.1) is 29.7 Å². The van der Waals surface area contributed by atoms with E-state index in [4.69, 9.17) is 14.3 Å². The maximum Gasteiger partial charge on any atom is 0.419 e. The maximum atomic E-state index is 13.2. The van der Waals surface area contributed by atoms with Gasteiger partial charge in [-0.15, -0.1) is 0 Å². The molecule has 3 aromatic rings. The zero-order valence-electron chi connectivity index (χ0n) is 18.5. The number of hydrogen-bond acceptors (Lipinski definition) is 5. The molecule has 2 aliphatic heterocycles. The first kappa shape index (κ1) is 21.1. The zero-order valence-corrected chi connectivity index (χ0v) is 20.1. The summed E-state index contributed by atoms with van der Waals surface area (Å²) in [5.41, 5.74) is 3.99. The first-order valence-electron chi connectivity index (χ1n) is 10.7. The van der Waals surface area contributed by atoms with Crippen molar-refractivity contribution in [3.63, 3.8) is 0 Å². The summed E-state index contributed by atoms with van der Waals surface area (Å²) < 4.78 is 14.5. The van der Waals surface area contributed by atoms with Gasteiger partial charge in [-0.2, -0.15) is 0 Å². The van der Waals surface area contributed by atoms with E-state index in [0.29, 0.717) is 13.2 Å². The van der Waals surface area contributed by atoms with Gasteiger partial charge in [0.25, 0.3) is 0 Å². The number of carbonyl (C=O) groups is 1. The molecule has 2 aromatic carbocycles. The van der Waals surface area contributed by atoms with Crippen LogP contribution >= 0.6 is 15.9 Å². The first-order valence-corrected chi connectivity index (χ1v) is 11.5. The van der Waals surface area contributed by atoms with E-state index in [1.54, 1.807) is 4.57 Å². The molecule has 0 unspecified atom stereocenters. The molecule has 3 heterocycles. The number of carbonyl (C=O) groups excluding carboxylic acids is 1. The predicted molar refractivity (Wildman–Crippen MR) is 127 cm³/mol. The summed E-state index contributed by atoms with van der Waals surface area (Å²) in [6.07, 6.45) is -0.391. The molecule has 0 saturated heterocycles. The third-order valence-electron chi connectivity index (χ3n) is 5.91. The number of para-hydroxylation sites is 1. The minimum Gasteiger partial charge on any atom is -0.492 e. The van der Waals surface area contributed by atoms with Crippen molar-refractivity contribution in [2.45, 2.75) is 39.2 Å². The Balaban J connectivity index is 1.78. The molecular weight excluding hydrogens is 472 g/mol. The van der Waals surface area contributed by atoms with Gasteiger partial charge >= 0.3 is 6.09 Å². The summed E-state index contributed by atoms with van der Waals surface area (Å²) in [5, 5.41) is 5.45. The van der Waals surface area contributed by atoms with Crippen LogP contribution in [0.2, 0.25) is 0 Å². The molecule has 0 N–H and O–H groups in total. The second-order valence-corrected chi connectivity index (χ2v) is 10.2. The Hall–Kier alpha value is -2.80. The quantitative estimate of drug-likeness (QED) is 0.413. The van der Waals surface area contributed by atoms with Crippen LogP contribution in [0.5, 0.6) is 5.75 Å². The van der Waals surface area contributed by atoms with E-state index in [0.717, 1.165) is 43.7 Å². The molecule has 7 heteroatoms. The summed E-state index contributed by atoms with van der Waals surface area (Å²) in [7, 11) is 0. The largest absolute Gasteiger partial charge is 0.492 e. The molecule has 5 rings (SSSR count). The Morgan fingerprint density at radius 3 is 2.75 bits per heavy atom. The van der Waals surface area contributed by atoms with Crippen LogP contribution < -0.4 is 4.74 Å². The van der Waals surface area contributed by atoms with E-state index in [-0.39, 0.29) is 11.8 Å². The van der Waals surface area contributed by atoms with E-state index in [9.17, 15) is 4.79 Å². The summed E-state index contributed by atoms with van der Waals surface area (Å²) in [6, 6.07) is 14.0. The van der Waals surface area contributed by atoms with Crippen molar-refractivity contribution in [3.8, 4) is 5.75 Å². The van der Waals surface area contributed by atoms with Crippen molar-refractivity contribution >= 4 is 38.6 Å². The number of ether oxygens (including phenoxy) is 2. The Kier molecular flexibility index (Phi) is 5.04. The van der Waals surface area contributed by atoms with Crippen LogP contribution in [0.15, 0.2) is 52.1 Å². The lowest BCUT2D eigenvalue weighted by Crippen LogP contribution is -2.28. The van der Waals surface area contributed by atoms with E-state index in [1.165, 1.54) is 0 Å². The summed E-state index contributed by atoms with van der Waals surface area (Å²) in [4.78, 5) is 18.8. The average Bonchev–Trinajstić information content (AvgIpc) is 3.25. The van der Waals surface area contributed by atoms with E-state index in [2.05, 4.69) is 27.2 Å². The van der Waals surface area contributed by atoms with Crippen molar-refractivity contribution in [2.24, 2.45) is 11.1 Å². The topological polar surface area (TPSA) is 62.0 Å². The minimum absolute atomic E-state index is 0.0502. The van der Waals surface area contributed by atoms with Gasteiger partial charge in [0.15, 0.2) is 0 Å². The third-order valence-corrected chi connectivity index (χ3v) is 6.40. The Bertz CT molecular complexity index is 1250. The number of hydrogen-bond donors (Lipinski definition) is 0. The van der Waals surface area contributed by atoms with Gasteiger partial charge in [-0.3, -0.25) is 0 Å². The number of nitrogens with zero attached hydrogens (tertiary/aromatic N) is 2. The van der Waals surface area contributed by atoms with Crippen molar-refractivity contribution in [1.82, 2.24) is 4.57 Å². The second-order valence-electron chi connectivity index (χ2n) is 9.27. The number of benzene rings is 2. The van der Waals surface area contributed by atoms with Crippen LogP contribution in [-0.4, -0.2) is 35.2 Å². The Morgan fingerprint density at radius 1 is 1.19 bits per heavy atom. The highest BCUT2D eigenvalue weighted by Crippen LogP contribution is 2.45. The van der Waals surface area contributed by atoms with E-state index in [1.807, 2.05) is 64.1 Å². The smallest absolute Gasteiger partial charge is 0.419 e. The van der Waals surface area contributed by atoms with Gasteiger partial charge in [0.1, 0.15) is 18.0 Å². The number of rotatable bonds is 1. The fourth-order valence-electron chi connectivity index (χ4n) is 4.61. The molecule has 0 bridgehead atoms. The number of oxime groups is 1. The highest BCUT2D eigenvalue weighted by molar-refractivity contribution is 9.10. The molecule has 0 spiro atoms. The number of aromatic nitrogens is 1. The monoisotopic (exact) mass is 496 g/mol. The molecule has 0 saturated carbocycles. The molecule has 166 valence electrons. The van der Waals surface area contributed by atoms with Gasteiger partial charge in [-0.25, -0.2) is 9.36 Å². The summed E-state index contributed by atoms with van der Waals surface area (Å²) in [5.74, 6) is 0.670. The van der Waals surface area contributed by atoms with Gasteiger partial charge in [0.2, 0.25) is 0 Å². The van der Waals surface area contributed by atoms with Crippen LogP contribution in [-0.2, 0) is 9.57 Å². The normalized spacial score (nSPS) is 20.0. The molecule has 0 amide bonds. The fourth-order valence-corrected chi connectivity index (χ4v) is 4.99. The van der Waals surface area contributed by atoms with E-state index < -0.39 is 11.7 Å². The lowest BCUT2D eigenvalue weighted by molar-refractivity contribution is 0.0541. The van der Waals surface area contributed by atoms with Crippen molar-refractivity contribution < 1.29 is 19.1 Å². The average molecular weight is 497 g/mol. The number of fused-ring (bicyclic) bond motifs is 3. The molecular formula is C25H25BrN2O4. The van der Waals surface area contributed by atoms with Crippen LogP contribution in [0.4, 0.5) is 4.79 Å². The minimum atomic E-state index is -0.600. The SMILES string of the molecule is Cc1c([C@@H]2C3=NOC[C@@H]3COc3ccc(Br)cc32)c2ccccc2n1C(=O)OC(C)(C)C. The highest BCUT2D eigenvalue weighted by Gasteiger charge is 2.40. The lowest BCUT2D eigenvalue weighted by atomic mass is 9.81. The Labute approximate surface area is 195 Å². The predicted octanol–water partition coefficient (Wildman–Crippen LogP) is 6.02. The number of halogens is 1. The van der Waals surface area contributed by atoms with Crippen LogP contribution in [0.3, 0.4) is 0 Å². The van der Waals surface area contributed by atoms with Crippen molar-refractivity contribution in [2.75, 3.05) is 13.2 Å². The molecule has 2 atom stereocenters. The lowest BCUT2D eigenvalue weighted by Gasteiger charge is -2.21. The molecule has 1 aromatic heterocycles.